The number of nitrogens with zero attached hydrogens (tertiary/aromatic N) is 4. The Kier molecular flexibility index (Phi) is 4.81. The van der Waals surface area contributed by atoms with E-state index in [0.29, 0.717) is 16.4 Å². The number of rotatable bonds is 6. The molecule has 1 aromatic heterocycles. The van der Waals surface area contributed by atoms with E-state index in [-0.39, 0.29) is 11.0 Å². The quantitative estimate of drug-likeness (QED) is 0.615. The Morgan fingerprint density at radius 3 is 2.45 bits per heavy atom. The Bertz CT molecular complexity index is 770. The minimum Gasteiger partial charge on any atom is -0.293 e. The van der Waals surface area contributed by atoms with Crippen LogP contribution in [0, 0.1) is 0 Å². The maximum Gasteiger partial charge on any atom is 0.229 e. The molecule has 0 aliphatic carbocycles. The Balaban J connectivity index is 2.07. The van der Waals surface area contributed by atoms with Gasteiger partial charge in [0.1, 0.15) is 0 Å². The van der Waals surface area contributed by atoms with E-state index in [2.05, 4.69) is 20.2 Å². The molecule has 22 heavy (non-hydrogen) atoms. The van der Waals surface area contributed by atoms with Gasteiger partial charge in [-0.25, -0.2) is 13.1 Å². The van der Waals surface area contributed by atoms with E-state index in [1.165, 1.54) is 16.4 Å². The second kappa shape index (κ2) is 6.44. The third-order valence-corrected chi connectivity index (χ3v) is 4.44. The molecule has 1 atom stereocenters. The van der Waals surface area contributed by atoms with Crippen LogP contribution < -0.4 is 4.72 Å². The van der Waals surface area contributed by atoms with Crippen LogP contribution in [0.1, 0.15) is 17.3 Å². The van der Waals surface area contributed by atoms with Crippen molar-refractivity contribution < 1.29 is 13.2 Å². The van der Waals surface area contributed by atoms with E-state index in [9.17, 15) is 13.2 Å². The molecule has 0 aliphatic heterocycles. The fourth-order valence-corrected chi connectivity index (χ4v) is 3.08. The molecule has 0 saturated heterocycles. The second-order valence-electron chi connectivity index (χ2n) is 4.66. The summed E-state index contributed by atoms with van der Waals surface area (Å²) in [6, 6.07) is 6.27. The largest absolute Gasteiger partial charge is 0.293 e. The van der Waals surface area contributed by atoms with Crippen LogP contribution in [-0.2, 0) is 17.1 Å². The summed E-state index contributed by atoms with van der Waals surface area (Å²) in [4.78, 5) is 12.3. The smallest absolute Gasteiger partial charge is 0.229 e. The standard InChI is InChI=1S/C12H15N5O3S2/c1-8(21-12-13-15-16-17(12)2)11(18)9-4-6-10(7-5-9)14-22(3,19)20/h4-8,14H,1-3H3/t8-/m0/s1. The van der Waals surface area contributed by atoms with Crippen molar-refractivity contribution in [3.05, 3.63) is 29.8 Å². The van der Waals surface area contributed by atoms with Crippen LogP contribution in [-0.4, -0.2) is 45.9 Å². The maximum atomic E-state index is 12.3. The van der Waals surface area contributed by atoms with Crippen molar-refractivity contribution in [1.82, 2.24) is 20.2 Å². The first-order chi connectivity index (χ1) is 10.3. The number of sulfonamides is 1. The van der Waals surface area contributed by atoms with E-state index < -0.39 is 10.0 Å². The van der Waals surface area contributed by atoms with Crippen LogP contribution in [0.4, 0.5) is 5.69 Å². The lowest BCUT2D eigenvalue weighted by Crippen LogP contribution is -2.15. The van der Waals surface area contributed by atoms with Gasteiger partial charge in [-0.1, -0.05) is 11.8 Å². The molecule has 2 aromatic rings. The van der Waals surface area contributed by atoms with E-state index in [0.717, 1.165) is 6.26 Å². The minimum absolute atomic E-state index is 0.0843. The minimum atomic E-state index is -3.33. The number of thioether (sulfide) groups is 1. The molecule has 0 aliphatic rings. The molecule has 1 heterocycles. The number of carbonyl (C=O) groups excluding carboxylic acids is 1. The van der Waals surface area contributed by atoms with Crippen LogP contribution in [0.25, 0.3) is 0 Å². The molecule has 0 unspecified atom stereocenters. The first-order valence-electron chi connectivity index (χ1n) is 6.27. The first kappa shape index (κ1) is 16.4. The highest BCUT2D eigenvalue weighted by Crippen LogP contribution is 2.23. The summed E-state index contributed by atoms with van der Waals surface area (Å²) >= 11 is 1.26. The second-order valence-corrected chi connectivity index (χ2v) is 7.72. The number of Topliss-reactive ketones (excluding diaryl/α,β-unsaturated/α-hetero) is 1. The van der Waals surface area contributed by atoms with Gasteiger partial charge in [0.15, 0.2) is 5.78 Å². The van der Waals surface area contributed by atoms with E-state index in [1.807, 2.05) is 0 Å². The van der Waals surface area contributed by atoms with Crippen LogP contribution >= 0.6 is 11.8 Å². The Morgan fingerprint density at radius 2 is 1.95 bits per heavy atom. The van der Waals surface area contributed by atoms with Crippen molar-refractivity contribution in [2.45, 2.75) is 17.3 Å². The van der Waals surface area contributed by atoms with Crippen LogP contribution in [0.5, 0.6) is 0 Å². The topological polar surface area (TPSA) is 107 Å². The number of hydrogen-bond acceptors (Lipinski definition) is 7. The van der Waals surface area contributed by atoms with Crippen molar-refractivity contribution in [2.75, 3.05) is 11.0 Å². The maximum absolute atomic E-state index is 12.3. The van der Waals surface area contributed by atoms with E-state index in [1.54, 1.807) is 38.2 Å². The third kappa shape index (κ3) is 4.28. The monoisotopic (exact) mass is 341 g/mol. The summed E-state index contributed by atoms with van der Waals surface area (Å²) in [5, 5.41) is 11.2. The molecule has 0 radical (unpaired) electrons. The van der Waals surface area contributed by atoms with Gasteiger partial charge >= 0.3 is 0 Å². The van der Waals surface area contributed by atoms with Crippen molar-refractivity contribution >= 4 is 33.3 Å². The van der Waals surface area contributed by atoms with Gasteiger partial charge in [-0.2, -0.15) is 0 Å². The Hall–Kier alpha value is -1.94. The zero-order chi connectivity index (χ0) is 16.3. The zero-order valence-electron chi connectivity index (χ0n) is 12.2. The van der Waals surface area contributed by atoms with Crippen molar-refractivity contribution in [3.63, 3.8) is 0 Å². The first-order valence-corrected chi connectivity index (χ1v) is 9.04. The van der Waals surface area contributed by atoms with Gasteiger partial charge in [-0.3, -0.25) is 9.52 Å². The van der Waals surface area contributed by atoms with Gasteiger partial charge in [0.05, 0.1) is 11.5 Å². The van der Waals surface area contributed by atoms with Gasteiger partial charge < -0.3 is 0 Å². The van der Waals surface area contributed by atoms with E-state index >= 15 is 0 Å². The molecule has 0 saturated carbocycles. The Labute approximate surface area is 132 Å². The molecule has 1 N–H and O–H groups in total. The summed E-state index contributed by atoms with van der Waals surface area (Å²) in [5.41, 5.74) is 0.908. The van der Waals surface area contributed by atoms with Crippen LogP contribution in [0.3, 0.4) is 0 Å². The number of aromatic nitrogens is 4. The van der Waals surface area contributed by atoms with E-state index in [4.69, 9.17) is 0 Å². The van der Waals surface area contributed by atoms with Crippen molar-refractivity contribution in [1.29, 1.82) is 0 Å². The van der Waals surface area contributed by atoms with Crippen molar-refractivity contribution in [2.24, 2.45) is 7.05 Å². The number of aryl methyl sites for hydroxylation is 1. The molecule has 2 rings (SSSR count). The predicted octanol–water partition coefficient (Wildman–Crippen LogP) is 0.945. The molecular weight excluding hydrogens is 326 g/mol. The summed E-state index contributed by atoms with van der Waals surface area (Å²) in [6.07, 6.45) is 1.07. The van der Waals surface area contributed by atoms with Crippen molar-refractivity contribution in [3.8, 4) is 0 Å². The molecular formula is C12H15N5O3S2. The van der Waals surface area contributed by atoms with Gasteiger partial charge in [-0.15, -0.1) is 5.10 Å². The Morgan fingerprint density at radius 1 is 1.32 bits per heavy atom. The number of carbonyl (C=O) groups is 1. The number of benzene rings is 1. The number of ketones is 1. The highest BCUT2D eigenvalue weighted by atomic mass is 32.2. The predicted molar refractivity (Wildman–Crippen MR) is 83.4 cm³/mol. The lowest BCUT2D eigenvalue weighted by atomic mass is 10.1. The number of tetrazole rings is 1. The summed E-state index contributed by atoms with van der Waals surface area (Å²) in [7, 11) is -1.63. The average molecular weight is 341 g/mol. The number of nitrogens with one attached hydrogen (secondary N) is 1. The highest BCUT2D eigenvalue weighted by Gasteiger charge is 2.19. The average Bonchev–Trinajstić information content (AvgIpc) is 2.82. The SMILES string of the molecule is C[C@H](Sc1nnnn1C)C(=O)c1ccc(NS(C)(=O)=O)cc1. The fourth-order valence-electron chi connectivity index (χ4n) is 1.68. The fraction of sp³-hybridized carbons (Fsp3) is 0.333. The third-order valence-electron chi connectivity index (χ3n) is 2.71. The van der Waals surface area contributed by atoms with Gasteiger partial charge in [0, 0.05) is 18.3 Å². The summed E-state index contributed by atoms with van der Waals surface area (Å²) < 4.78 is 26.1. The normalized spacial score (nSPS) is 12.9. The molecule has 0 spiro atoms. The van der Waals surface area contributed by atoms with Gasteiger partial charge in [-0.05, 0) is 41.6 Å². The zero-order valence-corrected chi connectivity index (χ0v) is 13.8. The number of hydrogen-bond donors (Lipinski definition) is 1. The highest BCUT2D eigenvalue weighted by molar-refractivity contribution is 8.00. The molecule has 0 fully saturated rings. The van der Waals surface area contributed by atoms with Gasteiger partial charge in [0.2, 0.25) is 15.2 Å². The lowest BCUT2D eigenvalue weighted by molar-refractivity contribution is 0.0994. The van der Waals surface area contributed by atoms with Crippen LogP contribution in [0.2, 0.25) is 0 Å². The molecule has 0 amide bonds. The lowest BCUT2D eigenvalue weighted by Gasteiger charge is -2.10. The van der Waals surface area contributed by atoms with Crippen LogP contribution in [0.15, 0.2) is 29.4 Å². The summed E-state index contributed by atoms with van der Waals surface area (Å²) in [6.45, 7) is 1.77. The molecule has 8 nitrogen and oxygen atoms in total. The van der Waals surface area contributed by atoms with Gasteiger partial charge in [0.25, 0.3) is 0 Å². The molecule has 10 heteroatoms. The molecule has 118 valence electrons. The molecule has 1 aromatic carbocycles. The molecule has 0 bridgehead atoms. The number of anilines is 1. The summed E-state index contributed by atoms with van der Waals surface area (Å²) in [5.74, 6) is -0.0843.